The van der Waals surface area contributed by atoms with Crippen LogP contribution in [0, 0.1) is 0 Å². The van der Waals surface area contributed by atoms with Crippen molar-refractivity contribution in [3.05, 3.63) is 52.2 Å². The van der Waals surface area contributed by atoms with Gasteiger partial charge in [0.1, 0.15) is 58.4 Å². The van der Waals surface area contributed by atoms with Crippen LogP contribution in [0.2, 0.25) is 0 Å². The van der Waals surface area contributed by atoms with Gasteiger partial charge in [0.15, 0.2) is 5.43 Å². The highest BCUT2D eigenvalue weighted by Crippen LogP contribution is 2.37. The predicted molar refractivity (Wildman–Crippen MR) is 110 cm³/mol. The molecule has 10 heteroatoms. The first-order chi connectivity index (χ1) is 15.2. The molecule has 1 aliphatic heterocycles. The number of rotatable bonds is 4. The molecule has 0 spiro atoms. The fourth-order valence-electron chi connectivity index (χ4n) is 3.87. The standard InChI is InChI=1S/C22H22O10/c23-8-17-20(29)21(30)19(28)16(31-17)5-11-12(25)6-13(26)18-14(27)7-15(32-22(11)18)9-1-3-10(24)4-2-9/h1-4,6-7,16-17,19-21,23-26,28-30H,5,8H2/t16-,17+,19-,20+,21+/m0/s1. The molecule has 0 aliphatic carbocycles. The normalized spacial score (nSPS) is 25.8. The smallest absolute Gasteiger partial charge is 0.197 e. The number of phenols is 3. The van der Waals surface area contributed by atoms with Crippen molar-refractivity contribution in [3.63, 3.8) is 0 Å². The number of aromatic hydroxyl groups is 3. The van der Waals surface area contributed by atoms with Crippen LogP contribution in [0.15, 0.2) is 45.6 Å². The topological polar surface area (TPSA) is 181 Å². The molecule has 170 valence electrons. The van der Waals surface area contributed by atoms with Crippen LogP contribution in [-0.2, 0) is 11.2 Å². The summed E-state index contributed by atoms with van der Waals surface area (Å²) in [7, 11) is 0. The van der Waals surface area contributed by atoms with Gasteiger partial charge in [-0.1, -0.05) is 0 Å². The molecule has 0 amide bonds. The maximum atomic E-state index is 12.7. The highest BCUT2D eigenvalue weighted by Gasteiger charge is 2.43. The van der Waals surface area contributed by atoms with Crippen molar-refractivity contribution >= 4 is 11.0 Å². The van der Waals surface area contributed by atoms with Gasteiger partial charge in [0.25, 0.3) is 0 Å². The fraction of sp³-hybridized carbons (Fsp3) is 0.318. The second kappa shape index (κ2) is 8.41. The zero-order valence-corrected chi connectivity index (χ0v) is 16.6. The number of aliphatic hydroxyl groups excluding tert-OH is 4. The van der Waals surface area contributed by atoms with Gasteiger partial charge in [0, 0.05) is 29.7 Å². The van der Waals surface area contributed by atoms with Gasteiger partial charge in [-0.05, 0) is 24.3 Å². The molecule has 7 N–H and O–H groups in total. The average molecular weight is 446 g/mol. The van der Waals surface area contributed by atoms with E-state index in [-0.39, 0.29) is 34.5 Å². The van der Waals surface area contributed by atoms with E-state index in [4.69, 9.17) is 9.15 Å². The van der Waals surface area contributed by atoms with Gasteiger partial charge >= 0.3 is 0 Å². The van der Waals surface area contributed by atoms with Gasteiger partial charge in [0.05, 0.1) is 12.7 Å². The van der Waals surface area contributed by atoms with Crippen molar-refractivity contribution < 1.29 is 44.9 Å². The molecule has 0 bridgehead atoms. The van der Waals surface area contributed by atoms with E-state index in [1.165, 1.54) is 24.3 Å². The summed E-state index contributed by atoms with van der Waals surface area (Å²) in [5.74, 6) is -0.850. The van der Waals surface area contributed by atoms with E-state index in [2.05, 4.69) is 0 Å². The molecule has 4 rings (SSSR count). The first kappa shape index (κ1) is 22.1. The van der Waals surface area contributed by atoms with Crippen molar-refractivity contribution in [2.75, 3.05) is 6.61 Å². The molecule has 32 heavy (non-hydrogen) atoms. The van der Waals surface area contributed by atoms with Crippen LogP contribution in [0.25, 0.3) is 22.3 Å². The number of hydrogen-bond donors (Lipinski definition) is 7. The van der Waals surface area contributed by atoms with E-state index in [1.807, 2.05) is 0 Å². The van der Waals surface area contributed by atoms with Crippen LogP contribution in [0.1, 0.15) is 5.56 Å². The Balaban J connectivity index is 1.83. The molecule has 1 fully saturated rings. The van der Waals surface area contributed by atoms with Gasteiger partial charge < -0.3 is 44.9 Å². The Bertz CT molecular complexity index is 1180. The summed E-state index contributed by atoms with van der Waals surface area (Å²) < 4.78 is 11.3. The Morgan fingerprint density at radius 2 is 1.50 bits per heavy atom. The molecule has 2 aromatic carbocycles. The van der Waals surface area contributed by atoms with E-state index in [1.54, 1.807) is 0 Å². The van der Waals surface area contributed by atoms with Gasteiger partial charge in [0.2, 0.25) is 0 Å². The van der Waals surface area contributed by atoms with Crippen molar-refractivity contribution in [3.8, 4) is 28.6 Å². The maximum Gasteiger partial charge on any atom is 0.197 e. The lowest BCUT2D eigenvalue weighted by Gasteiger charge is -2.40. The third kappa shape index (κ3) is 3.78. The molecule has 1 saturated heterocycles. The van der Waals surface area contributed by atoms with Crippen LogP contribution < -0.4 is 5.43 Å². The highest BCUT2D eigenvalue weighted by atomic mass is 16.5. The van der Waals surface area contributed by atoms with E-state index in [9.17, 15) is 40.5 Å². The van der Waals surface area contributed by atoms with E-state index in [0.29, 0.717) is 5.56 Å². The van der Waals surface area contributed by atoms with Gasteiger partial charge in [-0.2, -0.15) is 0 Å². The molecule has 0 saturated carbocycles. The lowest BCUT2D eigenvalue weighted by Crippen LogP contribution is -2.59. The summed E-state index contributed by atoms with van der Waals surface area (Å²) in [5.41, 5.74) is -0.291. The minimum atomic E-state index is -1.61. The Morgan fingerprint density at radius 3 is 2.16 bits per heavy atom. The van der Waals surface area contributed by atoms with Crippen LogP contribution >= 0.6 is 0 Å². The van der Waals surface area contributed by atoms with Crippen molar-refractivity contribution in [2.24, 2.45) is 0 Å². The SMILES string of the molecule is O=c1cc(-c2ccc(O)cc2)oc2c(C[C@@H]3O[C@H](CO)[C@@H](O)[C@H](O)[C@H]3O)c(O)cc(O)c12. The number of ether oxygens (including phenoxy) is 1. The summed E-state index contributed by atoms with van der Waals surface area (Å²) in [5, 5.41) is 69.7. The predicted octanol–water partition coefficient (Wildman–Crippen LogP) is -0.0383. The molecule has 5 atom stereocenters. The Kier molecular flexibility index (Phi) is 5.80. The van der Waals surface area contributed by atoms with E-state index < -0.39 is 54.1 Å². The van der Waals surface area contributed by atoms with E-state index >= 15 is 0 Å². The summed E-state index contributed by atoms with van der Waals surface area (Å²) in [6.07, 6.45) is -7.32. The number of aliphatic hydroxyl groups is 4. The van der Waals surface area contributed by atoms with Crippen molar-refractivity contribution in [1.82, 2.24) is 0 Å². The second-order valence-electron chi connectivity index (χ2n) is 7.69. The zero-order valence-electron chi connectivity index (χ0n) is 16.6. The summed E-state index contributed by atoms with van der Waals surface area (Å²) in [4.78, 5) is 12.7. The maximum absolute atomic E-state index is 12.7. The molecule has 1 aromatic heterocycles. The van der Waals surface area contributed by atoms with Crippen LogP contribution in [0.5, 0.6) is 17.2 Å². The Hall–Kier alpha value is -3.15. The zero-order chi connectivity index (χ0) is 23.2. The first-order valence-corrected chi connectivity index (χ1v) is 9.82. The highest BCUT2D eigenvalue weighted by molar-refractivity contribution is 5.89. The van der Waals surface area contributed by atoms with Crippen molar-refractivity contribution in [2.45, 2.75) is 36.9 Å². The van der Waals surface area contributed by atoms with Crippen molar-refractivity contribution in [1.29, 1.82) is 0 Å². The number of benzene rings is 2. The van der Waals surface area contributed by atoms with Gasteiger partial charge in [-0.25, -0.2) is 0 Å². The third-order valence-electron chi connectivity index (χ3n) is 5.61. The second-order valence-corrected chi connectivity index (χ2v) is 7.69. The van der Waals surface area contributed by atoms with Gasteiger partial charge in [-0.3, -0.25) is 4.79 Å². The molecule has 0 unspecified atom stereocenters. The number of fused-ring (bicyclic) bond motifs is 1. The Morgan fingerprint density at radius 1 is 0.844 bits per heavy atom. The quantitative estimate of drug-likeness (QED) is 0.287. The molecular formula is C22H22O10. The van der Waals surface area contributed by atoms with Gasteiger partial charge in [-0.15, -0.1) is 0 Å². The lowest BCUT2D eigenvalue weighted by molar-refractivity contribution is -0.228. The minimum absolute atomic E-state index is 0.00971. The molecule has 10 nitrogen and oxygen atoms in total. The number of hydrogen-bond acceptors (Lipinski definition) is 10. The average Bonchev–Trinajstić information content (AvgIpc) is 2.76. The first-order valence-electron chi connectivity index (χ1n) is 9.82. The fourth-order valence-corrected chi connectivity index (χ4v) is 3.87. The molecule has 3 aromatic rings. The summed E-state index contributed by atoms with van der Waals surface area (Å²) >= 11 is 0. The van der Waals surface area contributed by atoms with Crippen LogP contribution in [0.3, 0.4) is 0 Å². The monoisotopic (exact) mass is 446 g/mol. The lowest BCUT2D eigenvalue weighted by atomic mass is 9.90. The largest absolute Gasteiger partial charge is 0.508 e. The summed E-state index contributed by atoms with van der Waals surface area (Å²) in [6.45, 7) is -0.621. The summed E-state index contributed by atoms with van der Waals surface area (Å²) in [6, 6.07) is 7.93. The molecular weight excluding hydrogens is 424 g/mol. The Labute approximate surface area is 180 Å². The third-order valence-corrected chi connectivity index (χ3v) is 5.61. The molecule has 0 radical (unpaired) electrons. The molecule has 2 heterocycles. The van der Waals surface area contributed by atoms with Crippen LogP contribution in [0.4, 0.5) is 0 Å². The molecule has 1 aliphatic rings. The number of phenolic OH excluding ortho intramolecular Hbond substituents is 3. The van der Waals surface area contributed by atoms with E-state index in [0.717, 1.165) is 12.1 Å². The minimum Gasteiger partial charge on any atom is -0.508 e. The van der Waals surface area contributed by atoms with Crippen LogP contribution in [-0.4, -0.2) is 72.9 Å².